The Morgan fingerprint density at radius 3 is 2.66 bits per heavy atom. The summed E-state index contributed by atoms with van der Waals surface area (Å²) in [5, 5.41) is 2.83. The molecule has 0 radical (unpaired) electrons. The summed E-state index contributed by atoms with van der Waals surface area (Å²) in [5.74, 6) is 0.617. The molecule has 6 nitrogen and oxygen atoms in total. The summed E-state index contributed by atoms with van der Waals surface area (Å²) in [5.41, 5.74) is 3.45. The highest BCUT2D eigenvalue weighted by molar-refractivity contribution is 5.89. The molecular formula is C23H28N4O2. The average molecular weight is 393 g/mol. The number of nitrogens with one attached hydrogen (secondary N) is 1. The molecule has 0 spiro atoms. The van der Waals surface area contributed by atoms with Crippen molar-refractivity contribution in [3.63, 3.8) is 0 Å². The number of rotatable bonds is 4. The Morgan fingerprint density at radius 2 is 1.86 bits per heavy atom. The van der Waals surface area contributed by atoms with Crippen LogP contribution in [-0.4, -0.2) is 39.8 Å². The summed E-state index contributed by atoms with van der Waals surface area (Å²) in [6.45, 7) is 3.06. The zero-order chi connectivity index (χ0) is 20.2. The number of carbonyl (C=O) groups is 2. The first-order chi connectivity index (χ1) is 14.1. The Hall–Kier alpha value is -2.76. The molecule has 1 saturated carbocycles. The van der Waals surface area contributed by atoms with Gasteiger partial charge in [0.2, 0.25) is 11.8 Å². The Labute approximate surface area is 171 Å². The molecule has 1 saturated heterocycles. The van der Waals surface area contributed by atoms with Crippen molar-refractivity contribution in [3.8, 4) is 11.3 Å². The molecule has 0 bridgehead atoms. The quantitative estimate of drug-likeness (QED) is 0.853. The minimum atomic E-state index is -0.102. The van der Waals surface area contributed by atoms with Gasteiger partial charge < -0.3 is 10.2 Å². The maximum Gasteiger partial charge on any atom is 0.225 e. The maximum absolute atomic E-state index is 12.9. The van der Waals surface area contributed by atoms with Gasteiger partial charge in [-0.2, -0.15) is 0 Å². The van der Waals surface area contributed by atoms with E-state index in [1.165, 1.54) is 19.8 Å². The first kappa shape index (κ1) is 19.6. The first-order valence-corrected chi connectivity index (χ1v) is 10.6. The molecule has 1 aliphatic heterocycles. The second kappa shape index (κ2) is 8.72. The van der Waals surface area contributed by atoms with Gasteiger partial charge in [0.25, 0.3) is 0 Å². The fourth-order valence-corrected chi connectivity index (χ4v) is 4.65. The van der Waals surface area contributed by atoms with Gasteiger partial charge in [0.05, 0.1) is 11.4 Å². The number of hydrogen-bond acceptors (Lipinski definition) is 4. The van der Waals surface area contributed by atoms with Gasteiger partial charge in [-0.15, -0.1) is 0 Å². The molecule has 4 rings (SSSR count). The van der Waals surface area contributed by atoms with Gasteiger partial charge in [-0.1, -0.05) is 25.0 Å². The molecule has 0 unspecified atom stereocenters. The lowest BCUT2D eigenvalue weighted by atomic mass is 9.90. The van der Waals surface area contributed by atoms with Crippen molar-refractivity contribution in [1.82, 2.24) is 14.9 Å². The Balaban J connectivity index is 1.58. The Morgan fingerprint density at radius 1 is 1.07 bits per heavy atom. The van der Waals surface area contributed by atoms with Crippen LogP contribution in [0.1, 0.15) is 57.1 Å². The average Bonchev–Trinajstić information content (AvgIpc) is 3.28. The number of likely N-dealkylation sites (tertiary alicyclic amines) is 1. The summed E-state index contributed by atoms with van der Waals surface area (Å²) in [6.07, 6.45) is 9.84. The third-order valence-corrected chi connectivity index (χ3v) is 6.01. The van der Waals surface area contributed by atoms with Crippen LogP contribution in [0.4, 0.5) is 5.69 Å². The summed E-state index contributed by atoms with van der Waals surface area (Å²) in [4.78, 5) is 35.7. The van der Waals surface area contributed by atoms with Gasteiger partial charge in [-0.25, -0.2) is 0 Å². The summed E-state index contributed by atoms with van der Waals surface area (Å²) < 4.78 is 0. The van der Waals surface area contributed by atoms with Crippen molar-refractivity contribution in [1.29, 1.82) is 0 Å². The highest BCUT2D eigenvalue weighted by Crippen LogP contribution is 2.34. The van der Waals surface area contributed by atoms with E-state index >= 15 is 0 Å². The van der Waals surface area contributed by atoms with Crippen LogP contribution >= 0.6 is 0 Å². The van der Waals surface area contributed by atoms with Crippen LogP contribution in [0.15, 0.2) is 36.7 Å². The van der Waals surface area contributed by atoms with Gasteiger partial charge in [0.15, 0.2) is 0 Å². The number of benzene rings is 1. The summed E-state index contributed by atoms with van der Waals surface area (Å²) in [6, 6.07) is 7.70. The molecular weight excluding hydrogens is 364 g/mol. The molecule has 1 aromatic heterocycles. The van der Waals surface area contributed by atoms with E-state index in [4.69, 9.17) is 0 Å². The van der Waals surface area contributed by atoms with Crippen molar-refractivity contribution >= 4 is 17.5 Å². The predicted molar refractivity (Wildman–Crippen MR) is 112 cm³/mol. The van der Waals surface area contributed by atoms with Crippen LogP contribution in [-0.2, 0) is 9.59 Å². The van der Waals surface area contributed by atoms with E-state index in [0.29, 0.717) is 12.5 Å². The normalized spacial score (nSPS) is 19.9. The van der Waals surface area contributed by atoms with Gasteiger partial charge in [-0.3, -0.25) is 19.6 Å². The monoisotopic (exact) mass is 392 g/mol. The van der Waals surface area contributed by atoms with E-state index in [1.807, 2.05) is 24.3 Å². The maximum atomic E-state index is 12.9. The minimum Gasteiger partial charge on any atom is -0.342 e. The predicted octanol–water partition coefficient (Wildman–Crippen LogP) is 4.00. The Kier molecular flexibility index (Phi) is 5.88. The van der Waals surface area contributed by atoms with Gasteiger partial charge in [-0.05, 0) is 37.8 Å². The zero-order valence-electron chi connectivity index (χ0n) is 16.9. The molecule has 1 aromatic carbocycles. The van der Waals surface area contributed by atoms with Crippen LogP contribution in [0.3, 0.4) is 0 Å². The van der Waals surface area contributed by atoms with Crippen molar-refractivity contribution in [2.75, 3.05) is 18.4 Å². The number of anilines is 1. The molecule has 1 aliphatic carbocycles. The van der Waals surface area contributed by atoms with E-state index in [1.54, 1.807) is 12.4 Å². The smallest absolute Gasteiger partial charge is 0.225 e. The highest BCUT2D eigenvalue weighted by Gasteiger charge is 2.32. The molecule has 6 heteroatoms. The summed E-state index contributed by atoms with van der Waals surface area (Å²) >= 11 is 0. The number of amides is 2. The third kappa shape index (κ3) is 4.47. The van der Waals surface area contributed by atoms with E-state index < -0.39 is 0 Å². The molecule has 2 amide bonds. The summed E-state index contributed by atoms with van der Waals surface area (Å²) in [7, 11) is 0. The van der Waals surface area contributed by atoms with E-state index in [2.05, 4.69) is 20.2 Å². The molecule has 2 aromatic rings. The lowest BCUT2D eigenvalue weighted by molar-refractivity contribution is -0.136. The zero-order valence-corrected chi connectivity index (χ0v) is 16.9. The lowest BCUT2D eigenvalue weighted by Gasteiger charge is -2.34. The molecule has 1 atom stereocenters. The van der Waals surface area contributed by atoms with Crippen molar-refractivity contribution in [3.05, 3.63) is 42.4 Å². The Bertz CT molecular complexity index is 892. The standard InChI is InChI=1S/C23H28N4O2/c1-16(28)26-20-10-4-8-18(14-20)21-22(25-12-11-24-21)19-9-5-13-27(15-19)23(29)17-6-2-3-7-17/h4,8,10-12,14,17,19H,2-3,5-7,9,13,15H2,1H3,(H,26,28)/t19-/m0/s1. The fraction of sp³-hybridized carbons (Fsp3) is 0.478. The topological polar surface area (TPSA) is 75.2 Å². The number of aromatic nitrogens is 2. The molecule has 29 heavy (non-hydrogen) atoms. The van der Waals surface area contributed by atoms with Crippen LogP contribution < -0.4 is 5.32 Å². The van der Waals surface area contributed by atoms with Crippen molar-refractivity contribution in [2.24, 2.45) is 5.92 Å². The second-order valence-electron chi connectivity index (χ2n) is 8.16. The van der Waals surface area contributed by atoms with E-state index in [-0.39, 0.29) is 17.7 Å². The SMILES string of the molecule is CC(=O)Nc1cccc(-c2nccnc2[C@H]2CCCN(C(=O)C3CCCC3)C2)c1. The number of hydrogen-bond donors (Lipinski definition) is 1. The van der Waals surface area contributed by atoms with Gasteiger partial charge in [0.1, 0.15) is 0 Å². The molecule has 1 N–H and O–H groups in total. The van der Waals surface area contributed by atoms with Crippen molar-refractivity contribution < 1.29 is 9.59 Å². The third-order valence-electron chi connectivity index (χ3n) is 6.01. The minimum absolute atomic E-state index is 0.102. The fourth-order valence-electron chi connectivity index (χ4n) is 4.65. The second-order valence-corrected chi connectivity index (χ2v) is 8.16. The number of nitrogens with zero attached hydrogens (tertiary/aromatic N) is 3. The highest BCUT2D eigenvalue weighted by atomic mass is 16.2. The van der Waals surface area contributed by atoms with Gasteiger partial charge in [0, 0.05) is 55.5 Å². The van der Waals surface area contributed by atoms with Crippen LogP contribution in [0.25, 0.3) is 11.3 Å². The largest absolute Gasteiger partial charge is 0.342 e. The van der Waals surface area contributed by atoms with Crippen molar-refractivity contribution in [2.45, 2.75) is 51.4 Å². The molecule has 2 fully saturated rings. The number of carbonyl (C=O) groups excluding carboxylic acids is 2. The molecule has 2 aliphatic rings. The van der Waals surface area contributed by atoms with Crippen LogP contribution in [0, 0.1) is 5.92 Å². The lowest BCUT2D eigenvalue weighted by Crippen LogP contribution is -2.42. The van der Waals surface area contributed by atoms with Crippen LogP contribution in [0.5, 0.6) is 0 Å². The van der Waals surface area contributed by atoms with E-state index in [0.717, 1.165) is 54.9 Å². The molecule has 152 valence electrons. The first-order valence-electron chi connectivity index (χ1n) is 10.6. The van der Waals surface area contributed by atoms with Gasteiger partial charge >= 0.3 is 0 Å². The molecule has 2 heterocycles. The van der Waals surface area contributed by atoms with Crippen LogP contribution in [0.2, 0.25) is 0 Å². The van der Waals surface area contributed by atoms with E-state index in [9.17, 15) is 9.59 Å². The number of piperidine rings is 1.